The molecule has 0 aromatic carbocycles. The first kappa shape index (κ1) is 28.1. The molecule has 2 N–H and O–H groups in total. The minimum Gasteiger partial charge on any atom is -0.497 e. The van der Waals surface area contributed by atoms with Crippen LogP contribution in [0.15, 0.2) is 36.6 Å². The van der Waals surface area contributed by atoms with E-state index in [0.29, 0.717) is 31.6 Å². The quantitative estimate of drug-likeness (QED) is 0.273. The highest BCUT2D eigenvalue weighted by Crippen LogP contribution is 2.38. The number of hydrogen-bond acceptors (Lipinski definition) is 8. The number of alkyl carbamates (subject to hydrolysis) is 1. The third kappa shape index (κ3) is 8.89. The highest BCUT2D eigenvalue weighted by Gasteiger charge is 2.28. The van der Waals surface area contributed by atoms with Gasteiger partial charge in [0.25, 0.3) is 0 Å². The van der Waals surface area contributed by atoms with Crippen LogP contribution >= 0.6 is 11.3 Å². The summed E-state index contributed by atoms with van der Waals surface area (Å²) in [6.07, 6.45) is 9.32. The zero-order valence-electron chi connectivity index (χ0n) is 20.6. The number of nitrogens with one attached hydrogen (secondary N) is 2. The summed E-state index contributed by atoms with van der Waals surface area (Å²) in [4.78, 5) is 23.1. The average molecular weight is 502 g/mol. The lowest BCUT2D eigenvalue weighted by Crippen LogP contribution is -2.36. The van der Waals surface area contributed by atoms with Gasteiger partial charge in [-0.3, -0.25) is 0 Å². The summed E-state index contributed by atoms with van der Waals surface area (Å²) in [6.45, 7) is 8.62. The Bertz CT molecular complexity index is 957. The molecule has 2 unspecified atom stereocenters. The number of thiophene rings is 1. The molecule has 0 saturated carbocycles. The Kier molecular flexibility index (Phi) is 12.1. The molecule has 1 aromatic rings. The van der Waals surface area contributed by atoms with Gasteiger partial charge in [0, 0.05) is 37.9 Å². The molecule has 2 aliphatic rings. The zero-order chi connectivity index (χ0) is 25.6. The summed E-state index contributed by atoms with van der Waals surface area (Å²) in [5, 5.41) is 16.1. The number of aldehydes is 1. The SMILES string of the molecule is C=C/C(=C\C(=C)CCC=O)OC.CNc1sc2c(c1C#N)CCC(OC(=O)NCC1CCCO1)C2. The number of carbonyl (C=O) groups excluding carboxylic acids is 2. The Hall–Kier alpha value is -3.09. The number of methoxy groups -OCH3 is 1. The Morgan fingerprint density at radius 3 is 2.80 bits per heavy atom. The molecule has 1 aromatic heterocycles. The van der Waals surface area contributed by atoms with E-state index < -0.39 is 0 Å². The predicted octanol–water partition coefficient (Wildman–Crippen LogP) is 4.66. The molecule has 1 fully saturated rings. The largest absolute Gasteiger partial charge is 0.497 e. The Balaban J connectivity index is 0.000000307. The summed E-state index contributed by atoms with van der Waals surface area (Å²) < 4.78 is 15.9. The molecule has 1 saturated heterocycles. The highest BCUT2D eigenvalue weighted by molar-refractivity contribution is 7.16. The number of rotatable bonds is 10. The van der Waals surface area contributed by atoms with Crippen LogP contribution in [-0.2, 0) is 31.8 Å². The van der Waals surface area contributed by atoms with Gasteiger partial charge in [-0.25, -0.2) is 4.79 Å². The molecule has 0 radical (unpaired) electrons. The van der Waals surface area contributed by atoms with Crippen molar-refractivity contribution in [2.45, 2.75) is 57.2 Å². The van der Waals surface area contributed by atoms with Crippen molar-refractivity contribution in [2.75, 3.05) is 32.6 Å². The molecule has 2 heterocycles. The van der Waals surface area contributed by atoms with Crippen molar-refractivity contribution in [2.24, 2.45) is 0 Å². The maximum Gasteiger partial charge on any atom is 0.407 e. The Morgan fingerprint density at radius 1 is 1.40 bits per heavy atom. The normalized spacial score (nSPS) is 18.7. The lowest BCUT2D eigenvalue weighted by Gasteiger charge is -2.23. The third-order valence-corrected chi connectivity index (χ3v) is 6.97. The van der Waals surface area contributed by atoms with Crippen molar-refractivity contribution in [3.8, 4) is 6.07 Å². The number of nitrogens with zero attached hydrogens (tertiary/aromatic N) is 1. The van der Waals surface area contributed by atoms with E-state index in [-0.39, 0.29) is 18.3 Å². The van der Waals surface area contributed by atoms with E-state index in [1.807, 2.05) is 7.05 Å². The van der Waals surface area contributed by atoms with Gasteiger partial charge >= 0.3 is 6.09 Å². The van der Waals surface area contributed by atoms with Gasteiger partial charge in [-0.1, -0.05) is 18.7 Å². The number of allylic oxidation sites excluding steroid dienone is 3. The van der Waals surface area contributed by atoms with Crippen LogP contribution in [0.5, 0.6) is 0 Å². The summed E-state index contributed by atoms with van der Waals surface area (Å²) in [5.74, 6) is 0.672. The summed E-state index contributed by atoms with van der Waals surface area (Å²) in [6, 6.07) is 2.28. The van der Waals surface area contributed by atoms with Crippen LogP contribution < -0.4 is 10.6 Å². The van der Waals surface area contributed by atoms with Gasteiger partial charge in [0.15, 0.2) is 0 Å². The van der Waals surface area contributed by atoms with E-state index in [1.165, 1.54) is 0 Å². The maximum absolute atomic E-state index is 11.9. The molecule has 8 nitrogen and oxygen atoms in total. The van der Waals surface area contributed by atoms with Crippen LogP contribution in [0.25, 0.3) is 0 Å². The summed E-state index contributed by atoms with van der Waals surface area (Å²) in [7, 11) is 3.39. The van der Waals surface area contributed by atoms with Gasteiger partial charge in [0.05, 0.1) is 18.8 Å². The van der Waals surface area contributed by atoms with Crippen molar-refractivity contribution in [1.82, 2.24) is 5.32 Å². The fraction of sp³-hybridized carbons (Fsp3) is 0.500. The van der Waals surface area contributed by atoms with Gasteiger partial charge in [0.1, 0.15) is 29.2 Å². The number of amides is 1. The van der Waals surface area contributed by atoms with E-state index in [2.05, 4.69) is 29.9 Å². The topological polar surface area (TPSA) is 110 Å². The maximum atomic E-state index is 11.9. The first-order valence-electron chi connectivity index (χ1n) is 11.7. The van der Waals surface area contributed by atoms with E-state index in [4.69, 9.17) is 14.2 Å². The van der Waals surface area contributed by atoms with Crippen molar-refractivity contribution >= 4 is 28.7 Å². The van der Waals surface area contributed by atoms with Crippen LogP contribution in [0.4, 0.5) is 9.80 Å². The van der Waals surface area contributed by atoms with E-state index >= 15 is 0 Å². The second kappa shape index (κ2) is 15.0. The zero-order valence-corrected chi connectivity index (χ0v) is 21.4. The molecule has 190 valence electrons. The first-order chi connectivity index (χ1) is 16.9. The van der Waals surface area contributed by atoms with E-state index in [0.717, 1.165) is 65.2 Å². The standard InChI is InChI=1S/C16H21N3O3S.C10H14O2/c1-18-15-13(8-17)12-5-4-10(7-14(12)23-15)22-16(20)19-9-11-3-2-6-21-11;1-4-10(12-3)8-9(2)6-5-7-11/h10-11,18H,2-7,9H2,1H3,(H,19,20);4,7-8H,1-2,5-6H2,3H3/b;10-8+. The first-order valence-corrected chi connectivity index (χ1v) is 12.5. The monoisotopic (exact) mass is 501 g/mol. The molecule has 3 rings (SSSR count). The molecule has 0 bridgehead atoms. The van der Waals surface area contributed by atoms with Gasteiger partial charge in [-0.05, 0) is 49.8 Å². The average Bonchev–Trinajstić information content (AvgIpc) is 3.52. The van der Waals surface area contributed by atoms with Crippen LogP contribution in [0, 0.1) is 11.3 Å². The van der Waals surface area contributed by atoms with Crippen molar-refractivity contribution in [1.29, 1.82) is 5.26 Å². The number of carbonyl (C=O) groups is 2. The summed E-state index contributed by atoms with van der Waals surface area (Å²) in [5.41, 5.74) is 2.73. The van der Waals surface area contributed by atoms with Gasteiger partial charge < -0.3 is 29.6 Å². The molecule has 1 amide bonds. The van der Waals surface area contributed by atoms with E-state index in [9.17, 15) is 14.9 Å². The predicted molar refractivity (Wildman–Crippen MR) is 138 cm³/mol. The minimum absolute atomic E-state index is 0.120. The number of fused-ring (bicyclic) bond motifs is 1. The Morgan fingerprint density at radius 2 is 2.20 bits per heavy atom. The van der Waals surface area contributed by atoms with Gasteiger partial charge in [-0.15, -0.1) is 11.3 Å². The molecule has 1 aliphatic heterocycles. The Labute approximate surface area is 211 Å². The van der Waals surface area contributed by atoms with E-state index in [1.54, 1.807) is 30.6 Å². The fourth-order valence-corrected chi connectivity index (χ4v) is 5.08. The molecule has 9 heteroatoms. The lowest BCUT2D eigenvalue weighted by atomic mass is 9.94. The van der Waals surface area contributed by atoms with Gasteiger partial charge in [-0.2, -0.15) is 5.26 Å². The van der Waals surface area contributed by atoms with Crippen LogP contribution in [0.3, 0.4) is 0 Å². The van der Waals surface area contributed by atoms with Crippen molar-refractivity contribution in [3.63, 3.8) is 0 Å². The number of ether oxygens (including phenoxy) is 3. The number of nitriles is 1. The van der Waals surface area contributed by atoms with Crippen LogP contribution in [0.1, 0.15) is 48.1 Å². The molecular weight excluding hydrogens is 466 g/mol. The van der Waals surface area contributed by atoms with Crippen LogP contribution in [-0.4, -0.2) is 51.9 Å². The molecular formula is C26H35N3O5S. The number of anilines is 1. The van der Waals surface area contributed by atoms with Crippen molar-refractivity contribution in [3.05, 3.63) is 52.6 Å². The lowest BCUT2D eigenvalue weighted by molar-refractivity contribution is -0.107. The fourth-order valence-electron chi connectivity index (χ4n) is 3.87. The molecule has 1 aliphatic carbocycles. The van der Waals surface area contributed by atoms with Crippen molar-refractivity contribution < 1.29 is 23.8 Å². The molecule has 35 heavy (non-hydrogen) atoms. The second-order valence-corrected chi connectivity index (χ2v) is 9.28. The summed E-state index contributed by atoms with van der Waals surface area (Å²) >= 11 is 1.59. The molecule has 0 spiro atoms. The van der Waals surface area contributed by atoms with Gasteiger partial charge in [0.2, 0.25) is 0 Å². The minimum atomic E-state index is -0.375. The third-order valence-electron chi connectivity index (χ3n) is 5.70. The second-order valence-electron chi connectivity index (χ2n) is 8.17. The highest BCUT2D eigenvalue weighted by atomic mass is 32.1. The number of hydrogen-bond donors (Lipinski definition) is 2. The van der Waals surface area contributed by atoms with Crippen LogP contribution in [0.2, 0.25) is 0 Å². The molecule has 2 atom stereocenters. The smallest absolute Gasteiger partial charge is 0.407 e.